The van der Waals surface area contributed by atoms with Crippen LogP contribution in [-0.4, -0.2) is 31.9 Å². The van der Waals surface area contributed by atoms with E-state index < -0.39 is 15.7 Å². The molecule has 0 rings (SSSR count). The Hall–Kier alpha value is -0.170. The summed E-state index contributed by atoms with van der Waals surface area (Å²) in [6.07, 6.45) is 1.32. The van der Waals surface area contributed by atoms with Crippen molar-refractivity contribution in [2.45, 2.75) is 32.2 Å². The molecular weight excluding hydrogens is 190 g/mol. The molecule has 0 aliphatic carbocycles. The molecule has 80 valence electrons. The zero-order valence-electron chi connectivity index (χ0n) is 8.45. The van der Waals surface area contributed by atoms with Crippen LogP contribution in [0.25, 0.3) is 0 Å². The average Bonchev–Trinajstić information content (AvgIpc) is 2.07. The highest BCUT2D eigenvalue weighted by Crippen LogP contribution is 2.22. The molecule has 0 fully saturated rings. The predicted molar refractivity (Wildman–Crippen MR) is 53.2 cm³/mol. The smallest absolute Gasteiger partial charge is 0.277 e. The normalized spacial score (nSPS) is 13.7. The van der Waals surface area contributed by atoms with Crippen molar-refractivity contribution in [1.82, 2.24) is 4.31 Å². The highest BCUT2D eigenvalue weighted by atomic mass is 32.2. The fraction of sp³-hybridized carbons (Fsp3) is 1.00. The Bertz CT molecular complexity index is 238. The Morgan fingerprint density at radius 2 is 1.69 bits per heavy atom. The quantitative estimate of drug-likeness (QED) is 0.648. The minimum absolute atomic E-state index is 0.285. The van der Waals surface area contributed by atoms with Crippen molar-refractivity contribution in [3.63, 3.8) is 0 Å². The van der Waals surface area contributed by atoms with Gasteiger partial charge in [0.25, 0.3) is 10.2 Å². The molecule has 13 heavy (non-hydrogen) atoms. The monoisotopic (exact) mass is 209 g/mol. The van der Waals surface area contributed by atoms with Crippen LogP contribution in [-0.2, 0) is 10.2 Å². The minimum Gasteiger partial charge on any atom is -0.329 e. The molecule has 0 unspecified atom stereocenters. The molecule has 0 saturated carbocycles. The Balaban J connectivity index is 4.96. The topological polar surface area (TPSA) is 89.4 Å². The molecule has 5 nitrogen and oxygen atoms in total. The fourth-order valence-corrected chi connectivity index (χ4v) is 2.26. The minimum atomic E-state index is -3.64. The second kappa shape index (κ2) is 4.36. The lowest BCUT2D eigenvalue weighted by Gasteiger charge is -2.37. The van der Waals surface area contributed by atoms with E-state index in [0.717, 1.165) is 0 Å². The van der Waals surface area contributed by atoms with Gasteiger partial charge in [-0.2, -0.15) is 12.7 Å². The molecule has 0 radical (unpaired) electrons. The van der Waals surface area contributed by atoms with Gasteiger partial charge in [-0.05, 0) is 12.8 Å². The van der Waals surface area contributed by atoms with Crippen molar-refractivity contribution in [1.29, 1.82) is 0 Å². The van der Waals surface area contributed by atoms with Gasteiger partial charge >= 0.3 is 0 Å². The number of nitrogens with two attached hydrogens (primary N) is 2. The summed E-state index contributed by atoms with van der Waals surface area (Å²) in [6, 6.07) is 0. The lowest BCUT2D eigenvalue weighted by molar-refractivity contribution is 0.208. The SMILES string of the molecule is CCC(CC)(CN)N(C)S(N)(=O)=O. The van der Waals surface area contributed by atoms with Crippen molar-refractivity contribution in [3.8, 4) is 0 Å². The van der Waals surface area contributed by atoms with Crippen LogP contribution in [0, 0.1) is 0 Å². The van der Waals surface area contributed by atoms with Gasteiger partial charge < -0.3 is 5.73 Å². The number of hydrogen-bond donors (Lipinski definition) is 2. The van der Waals surface area contributed by atoms with Gasteiger partial charge in [0.05, 0.1) is 0 Å². The van der Waals surface area contributed by atoms with E-state index in [9.17, 15) is 8.42 Å². The number of hydrogen-bond acceptors (Lipinski definition) is 3. The van der Waals surface area contributed by atoms with Gasteiger partial charge in [-0.15, -0.1) is 0 Å². The lowest BCUT2D eigenvalue weighted by atomic mass is 9.93. The third-order valence-electron chi connectivity index (χ3n) is 2.75. The predicted octanol–water partition coefficient (Wildman–Crippen LogP) is -0.361. The Morgan fingerprint density at radius 1 is 1.31 bits per heavy atom. The van der Waals surface area contributed by atoms with Gasteiger partial charge in [0, 0.05) is 19.1 Å². The van der Waals surface area contributed by atoms with Crippen molar-refractivity contribution >= 4 is 10.2 Å². The molecule has 6 heteroatoms. The first-order valence-corrected chi connectivity index (χ1v) is 5.81. The first-order valence-electron chi connectivity index (χ1n) is 4.31. The molecule has 0 amide bonds. The third-order valence-corrected chi connectivity index (χ3v) is 3.90. The van der Waals surface area contributed by atoms with Crippen LogP contribution >= 0.6 is 0 Å². The van der Waals surface area contributed by atoms with Gasteiger partial charge in [0.2, 0.25) is 0 Å². The van der Waals surface area contributed by atoms with Crippen LogP contribution < -0.4 is 10.9 Å². The second-order valence-corrected chi connectivity index (χ2v) is 4.73. The fourth-order valence-electron chi connectivity index (χ4n) is 1.38. The second-order valence-electron chi connectivity index (χ2n) is 3.15. The van der Waals surface area contributed by atoms with E-state index in [2.05, 4.69) is 0 Å². The molecule has 0 aromatic rings. The molecule has 0 aromatic heterocycles. The highest BCUT2D eigenvalue weighted by Gasteiger charge is 2.35. The molecule has 0 spiro atoms. The zero-order chi connectivity index (χ0) is 10.7. The molecule has 0 heterocycles. The van der Waals surface area contributed by atoms with Crippen LogP contribution in [0.15, 0.2) is 0 Å². The summed E-state index contributed by atoms with van der Waals surface area (Å²) < 4.78 is 23.4. The molecule has 0 aliphatic heterocycles. The van der Waals surface area contributed by atoms with Gasteiger partial charge in [0.15, 0.2) is 0 Å². The number of nitrogens with zero attached hydrogens (tertiary/aromatic N) is 1. The van der Waals surface area contributed by atoms with Crippen LogP contribution in [0.3, 0.4) is 0 Å². The van der Waals surface area contributed by atoms with Gasteiger partial charge in [-0.25, -0.2) is 5.14 Å². The average molecular weight is 209 g/mol. The molecular formula is C7H19N3O2S. The molecule has 0 saturated heterocycles. The van der Waals surface area contributed by atoms with E-state index in [1.165, 1.54) is 11.4 Å². The van der Waals surface area contributed by atoms with E-state index in [1.54, 1.807) is 0 Å². The summed E-state index contributed by atoms with van der Waals surface area (Å²) in [4.78, 5) is 0. The standard InChI is InChI=1S/C7H19N3O2S/c1-4-7(5-2,6-8)10(3)13(9,11)12/h4-6,8H2,1-3H3,(H2,9,11,12). The summed E-state index contributed by atoms with van der Waals surface area (Å²) in [5.74, 6) is 0. The van der Waals surface area contributed by atoms with Crippen LogP contribution in [0.1, 0.15) is 26.7 Å². The lowest BCUT2D eigenvalue weighted by Crippen LogP contribution is -2.55. The van der Waals surface area contributed by atoms with E-state index in [0.29, 0.717) is 12.8 Å². The first-order chi connectivity index (χ1) is 5.84. The summed E-state index contributed by atoms with van der Waals surface area (Å²) in [7, 11) is -2.18. The summed E-state index contributed by atoms with van der Waals surface area (Å²) in [5.41, 5.74) is 5.03. The molecule has 0 aromatic carbocycles. The van der Waals surface area contributed by atoms with E-state index >= 15 is 0 Å². The van der Waals surface area contributed by atoms with Crippen molar-refractivity contribution in [2.75, 3.05) is 13.6 Å². The molecule has 4 N–H and O–H groups in total. The number of rotatable bonds is 5. The maximum absolute atomic E-state index is 11.1. The van der Waals surface area contributed by atoms with Gasteiger partial charge in [-0.1, -0.05) is 13.8 Å². The van der Waals surface area contributed by atoms with Gasteiger partial charge in [-0.3, -0.25) is 0 Å². The van der Waals surface area contributed by atoms with Crippen molar-refractivity contribution in [3.05, 3.63) is 0 Å². The molecule has 0 aliphatic rings. The van der Waals surface area contributed by atoms with E-state index in [-0.39, 0.29) is 6.54 Å². The van der Waals surface area contributed by atoms with Gasteiger partial charge in [0.1, 0.15) is 0 Å². The zero-order valence-corrected chi connectivity index (χ0v) is 9.26. The molecule has 0 bridgehead atoms. The summed E-state index contributed by atoms with van der Waals surface area (Å²) in [5, 5.41) is 5.03. The van der Waals surface area contributed by atoms with E-state index in [1.807, 2.05) is 13.8 Å². The Kier molecular flexibility index (Phi) is 4.31. The van der Waals surface area contributed by atoms with Crippen LogP contribution in [0.4, 0.5) is 0 Å². The van der Waals surface area contributed by atoms with E-state index in [4.69, 9.17) is 10.9 Å². The summed E-state index contributed by atoms with van der Waals surface area (Å²) >= 11 is 0. The summed E-state index contributed by atoms with van der Waals surface area (Å²) in [6.45, 7) is 4.09. The van der Waals surface area contributed by atoms with Crippen molar-refractivity contribution in [2.24, 2.45) is 10.9 Å². The Morgan fingerprint density at radius 3 is 1.77 bits per heavy atom. The first kappa shape index (κ1) is 12.8. The maximum Gasteiger partial charge on any atom is 0.277 e. The van der Waals surface area contributed by atoms with Crippen LogP contribution in [0.2, 0.25) is 0 Å². The number of likely N-dealkylation sites (N-methyl/N-ethyl adjacent to an activating group) is 1. The maximum atomic E-state index is 11.1. The van der Waals surface area contributed by atoms with Crippen molar-refractivity contribution < 1.29 is 8.42 Å². The molecule has 0 atom stereocenters. The van der Waals surface area contributed by atoms with Crippen LogP contribution in [0.5, 0.6) is 0 Å². The highest BCUT2D eigenvalue weighted by molar-refractivity contribution is 7.86. The Labute approximate surface area is 80.3 Å². The third kappa shape index (κ3) is 2.63. The largest absolute Gasteiger partial charge is 0.329 e.